The zero-order valence-electron chi connectivity index (χ0n) is 16.6. The molecule has 0 fully saturated rings. The van der Waals surface area contributed by atoms with Gasteiger partial charge in [-0.3, -0.25) is 14.2 Å². The average Bonchev–Trinajstić information content (AvgIpc) is 3.49. The summed E-state index contributed by atoms with van der Waals surface area (Å²) >= 11 is 12.0. The monoisotopic (exact) mass is 459 g/mol. The summed E-state index contributed by atoms with van der Waals surface area (Å²) < 4.78 is 10.7. The third-order valence-electron chi connectivity index (χ3n) is 4.37. The minimum absolute atomic E-state index is 0.0952. The molecule has 0 aliphatic heterocycles. The first kappa shape index (κ1) is 21.0. The third kappa shape index (κ3) is 5.25. The number of carbonyl (C=O) groups is 1. The number of benzene rings is 1. The molecule has 9 nitrogen and oxygen atoms in total. The lowest BCUT2D eigenvalue weighted by atomic mass is 10.3. The van der Waals surface area contributed by atoms with E-state index in [9.17, 15) is 4.79 Å². The van der Waals surface area contributed by atoms with Gasteiger partial charge in [0.05, 0.1) is 29.6 Å². The van der Waals surface area contributed by atoms with E-state index in [1.54, 1.807) is 53.7 Å². The van der Waals surface area contributed by atoms with Crippen LogP contribution in [0.1, 0.15) is 23.0 Å². The van der Waals surface area contributed by atoms with Gasteiger partial charge in [0, 0.05) is 35.7 Å². The van der Waals surface area contributed by atoms with E-state index >= 15 is 0 Å². The number of rotatable bonds is 8. The predicted octanol–water partition coefficient (Wildman–Crippen LogP) is 3.94. The lowest BCUT2D eigenvalue weighted by molar-refractivity contribution is 0.102. The van der Waals surface area contributed by atoms with Gasteiger partial charge in [0.25, 0.3) is 5.91 Å². The van der Waals surface area contributed by atoms with E-state index in [0.717, 1.165) is 12.1 Å². The molecule has 0 aliphatic rings. The van der Waals surface area contributed by atoms with E-state index in [1.807, 2.05) is 17.8 Å². The molecule has 0 saturated heterocycles. The molecule has 1 amide bonds. The van der Waals surface area contributed by atoms with Crippen molar-refractivity contribution in [1.82, 2.24) is 29.3 Å². The maximum atomic E-state index is 12.5. The smallest absolute Gasteiger partial charge is 0.276 e. The van der Waals surface area contributed by atoms with Gasteiger partial charge >= 0.3 is 0 Å². The number of nitrogens with one attached hydrogen (secondary N) is 1. The molecule has 0 spiro atoms. The Bertz CT molecular complexity index is 1200. The SMILES string of the molecule is CCn1cc(Cn2cc(NC(=O)c3ccn(COc4ccc(Cl)cc4Cl)n3)cn2)cn1. The molecule has 1 N–H and O–H groups in total. The summed E-state index contributed by atoms with van der Waals surface area (Å²) in [5, 5.41) is 16.5. The molecule has 3 heterocycles. The highest BCUT2D eigenvalue weighted by Crippen LogP contribution is 2.27. The zero-order valence-corrected chi connectivity index (χ0v) is 18.1. The van der Waals surface area contributed by atoms with Crippen molar-refractivity contribution in [3.63, 3.8) is 0 Å². The van der Waals surface area contributed by atoms with Gasteiger partial charge in [0.1, 0.15) is 5.75 Å². The molecule has 0 atom stereocenters. The van der Waals surface area contributed by atoms with Gasteiger partial charge < -0.3 is 10.1 Å². The van der Waals surface area contributed by atoms with Crippen molar-refractivity contribution >= 4 is 34.8 Å². The topological polar surface area (TPSA) is 91.8 Å². The van der Waals surface area contributed by atoms with Gasteiger partial charge in [-0.15, -0.1) is 0 Å². The van der Waals surface area contributed by atoms with Crippen LogP contribution in [0, 0.1) is 0 Å². The molecule has 31 heavy (non-hydrogen) atoms. The van der Waals surface area contributed by atoms with Crippen molar-refractivity contribution in [2.75, 3.05) is 5.32 Å². The number of halogens is 2. The standard InChI is InChI=1S/C20H19Cl2N7O2/c1-2-27-10-14(8-23-27)11-29-12-16(9-24-29)25-20(30)18-5-6-28(26-18)13-31-19-4-3-15(21)7-17(19)22/h3-10,12H,2,11,13H2,1H3,(H,25,30). The summed E-state index contributed by atoms with van der Waals surface area (Å²) in [6, 6.07) is 6.55. The van der Waals surface area contributed by atoms with Crippen LogP contribution in [-0.4, -0.2) is 35.2 Å². The second-order valence-electron chi connectivity index (χ2n) is 6.67. The van der Waals surface area contributed by atoms with Crippen LogP contribution in [0.3, 0.4) is 0 Å². The van der Waals surface area contributed by atoms with E-state index in [2.05, 4.69) is 20.6 Å². The van der Waals surface area contributed by atoms with Crippen molar-refractivity contribution in [2.45, 2.75) is 26.7 Å². The van der Waals surface area contributed by atoms with Gasteiger partial charge in [-0.05, 0) is 31.2 Å². The number of aromatic nitrogens is 6. The molecule has 0 bridgehead atoms. The fourth-order valence-corrected chi connectivity index (χ4v) is 3.30. The Labute approximate surface area is 188 Å². The van der Waals surface area contributed by atoms with Gasteiger partial charge in [0.15, 0.2) is 12.4 Å². The van der Waals surface area contributed by atoms with Crippen LogP contribution >= 0.6 is 23.2 Å². The van der Waals surface area contributed by atoms with Crippen LogP contribution in [0.15, 0.2) is 55.2 Å². The minimum atomic E-state index is -0.346. The highest BCUT2D eigenvalue weighted by molar-refractivity contribution is 6.35. The second kappa shape index (κ2) is 9.23. The van der Waals surface area contributed by atoms with Gasteiger partial charge in [-0.25, -0.2) is 4.68 Å². The van der Waals surface area contributed by atoms with Crippen LogP contribution < -0.4 is 10.1 Å². The lowest BCUT2D eigenvalue weighted by Gasteiger charge is -2.08. The molecule has 0 saturated carbocycles. The van der Waals surface area contributed by atoms with E-state index in [0.29, 0.717) is 28.0 Å². The lowest BCUT2D eigenvalue weighted by Crippen LogP contribution is -2.14. The van der Waals surface area contributed by atoms with Crippen molar-refractivity contribution in [3.05, 3.63) is 76.6 Å². The molecule has 11 heteroatoms. The van der Waals surface area contributed by atoms with Crippen LogP contribution in [0.25, 0.3) is 0 Å². The summed E-state index contributed by atoms with van der Waals surface area (Å²) in [4.78, 5) is 12.5. The first-order valence-electron chi connectivity index (χ1n) is 9.46. The van der Waals surface area contributed by atoms with E-state index in [4.69, 9.17) is 27.9 Å². The first-order valence-corrected chi connectivity index (χ1v) is 10.2. The maximum absolute atomic E-state index is 12.5. The number of ether oxygens (including phenoxy) is 1. The van der Waals surface area contributed by atoms with Crippen molar-refractivity contribution < 1.29 is 9.53 Å². The average molecular weight is 460 g/mol. The van der Waals surface area contributed by atoms with E-state index < -0.39 is 0 Å². The molecule has 1 aromatic carbocycles. The Morgan fingerprint density at radius 2 is 1.94 bits per heavy atom. The minimum Gasteiger partial charge on any atom is -0.470 e. The predicted molar refractivity (Wildman–Crippen MR) is 117 cm³/mol. The Morgan fingerprint density at radius 1 is 1.10 bits per heavy atom. The number of aryl methyl sites for hydroxylation is 1. The molecule has 4 rings (SSSR count). The number of anilines is 1. The van der Waals surface area contributed by atoms with Crippen LogP contribution in [0.5, 0.6) is 5.75 Å². The molecule has 0 aliphatic carbocycles. The molecule has 3 aromatic heterocycles. The van der Waals surface area contributed by atoms with Crippen LogP contribution in [0.4, 0.5) is 5.69 Å². The second-order valence-corrected chi connectivity index (χ2v) is 7.52. The zero-order chi connectivity index (χ0) is 21.8. The van der Waals surface area contributed by atoms with Gasteiger partial charge in [-0.2, -0.15) is 15.3 Å². The normalized spacial score (nSPS) is 10.9. The van der Waals surface area contributed by atoms with Crippen molar-refractivity contribution in [1.29, 1.82) is 0 Å². The Morgan fingerprint density at radius 3 is 2.71 bits per heavy atom. The molecule has 0 radical (unpaired) electrons. The number of nitrogens with zero attached hydrogens (tertiary/aromatic N) is 6. The van der Waals surface area contributed by atoms with Crippen LogP contribution in [-0.2, 0) is 19.8 Å². The molecule has 160 valence electrons. The van der Waals surface area contributed by atoms with E-state index in [1.165, 1.54) is 4.68 Å². The quantitative estimate of drug-likeness (QED) is 0.430. The highest BCUT2D eigenvalue weighted by Gasteiger charge is 2.12. The third-order valence-corrected chi connectivity index (χ3v) is 4.90. The Balaban J connectivity index is 1.33. The summed E-state index contributed by atoms with van der Waals surface area (Å²) in [6.07, 6.45) is 8.75. The number of hydrogen-bond donors (Lipinski definition) is 1. The fourth-order valence-electron chi connectivity index (χ4n) is 2.84. The largest absolute Gasteiger partial charge is 0.470 e. The van der Waals surface area contributed by atoms with Crippen LogP contribution in [0.2, 0.25) is 10.0 Å². The number of carbonyl (C=O) groups excluding carboxylic acids is 1. The summed E-state index contributed by atoms with van der Waals surface area (Å²) in [6.45, 7) is 3.50. The number of amides is 1. The molecule has 4 aromatic rings. The fraction of sp³-hybridized carbons (Fsp3) is 0.200. The van der Waals surface area contributed by atoms with Gasteiger partial charge in [0.2, 0.25) is 0 Å². The highest BCUT2D eigenvalue weighted by atomic mass is 35.5. The molecular formula is C20H19Cl2N7O2. The summed E-state index contributed by atoms with van der Waals surface area (Å²) in [5.74, 6) is 0.131. The van der Waals surface area contributed by atoms with E-state index in [-0.39, 0.29) is 18.3 Å². The van der Waals surface area contributed by atoms with Crippen molar-refractivity contribution in [2.24, 2.45) is 0 Å². The summed E-state index contributed by atoms with van der Waals surface area (Å²) in [7, 11) is 0. The number of hydrogen-bond acceptors (Lipinski definition) is 5. The maximum Gasteiger partial charge on any atom is 0.276 e. The Kier molecular flexibility index (Phi) is 6.24. The summed E-state index contributed by atoms with van der Waals surface area (Å²) in [5.41, 5.74) is 1.86. The van der Waals surface area contributed by atoms with Gasteiger partial charge in [-0.1, -0.05) is 23.2 Å². The first-order chi connectivity index (χ1) is 15.0. The molecule has 0 unspecified atom stereocenters. The van der Waals surface area contributed by atoms with Crippen molar-refractivity contribution in [3.8, 4) is 5.75 Å². The Hall–Kier alpha value is -3.30. The molecular weight excluding hydrogens is 441 g/mol.